The minimum atomic E-state index is -3.75. The fraction of sp³-hybridized carbons (Fsp3) is 0.400. The third kappa shape index (κ3) is 3.32. The molecule has 0 amide bonds. The third-order valence-corrected chi connectivity index (χ3v) is 9.23. The first kappa shape index (κ1) is 21.9. The van der Waals surface area contributed by atoms with Gasteiger partial charge in [0, 0.05) is 37.3 Å². The molecular formula is C25H26F2N4O2S. The molecule has 2 fully saturated rings. The molecule has 3 unspecified atom stereocenters. The number of aromatic nitrogens is 2. The minimum Gasteiger partial charge on any atom is -0.339 e. The van der Waals surface area contributed by atoms with Gasteiger partial charge < -0.3 is 4.57 Å². The van der Waals surface area contributed by atoms with Gasteiger partial charge in [0.25, 0.3) is 10.0 Å². The molecule has 1 saturated heterocycles. The normalized spacial score (nSPS) is 28.7. The van der Waals surface area contributed by atoms with Gasteiger partial charge in [-0.05, 0) is 72.7 Å². The number of rotatable bonds is 7. The van der Waals surface area contributed by atoms with E-state index in [0.29, 0.717) is 24.1 Å². The summed E-state index contributed by atoms with van der Waals surface area (Å²) in [6.07, 6.45) is 4.63. The Bertz CT molecular complexity index is 1390. The summed E-state index contributed by atoms with van der Waals surface area (Å²) in [6, 6.07) is 11.3. The molecular weight excluding hydrogens is 458 g/mol. The highest BCUT2D eigenvalue weighted by molar-refractivity contribution is 7.89. The van der Waals surface area contributed by atoms with Gasteiger partial charge in [0.2, 0.25) is 0 Å². The Labute approximate surface area is 197 Å². The molecule has 2 aliphatic carbocycles. The molecule has 0 radical (unpaired) electrons. The summed E-state index contributed by atoms with van der Waals surface area (Å²) >= 11 is 0. The number of fused-ring (bicyclic) bond motifs is 4. The average molecular weight is 485 g/mol. The van der Waals surface area contributed by atoms with Crippen molar-refractivity contribution in [2.45, 2.75) is 42.3 Å². The number of hydrogen-bond acceptors (Lipinski definition) is 4. The zero-order valence-electron chi connectivity index (χ0n) is 19.0. The van der Waals surface area contributed by atoms with Crippen LogP contribution in [0.2, 0.25) is 0 Å². The Balaban J connectivity index is 1.24. The van der Waals surface area contributed by atoms with Crippen LogP contribution in [0.4, 0.5) is 8.78 Å². The van der Waals surface area contributed by atoms with E-state index >= 15 is 4.39 Å². The standard InChI is InChI=1S/C25H26F2N4O2S/c1-30-13-22(28-14-30)34(32,33)29-7-6-16-10-19-17(11-21(16)27)12-25(23-24(25)31(23)2)20(19)9-15-4-3-5-18(26)8-15/h3-5,8,10-11,13-14,20,23-24,29H,6-7,9,12H2,1-2H3. The van der Waals surface area contributed by atoms with Crippen molar-refractivity contribution in [1.29, 1.82) is 0 Å². The van der Waals surface area contributed by atoms with Gasteiger partial charge in [0.05, 0.1) is 6.33 Å². The van der Waals surface area contributed by atoms with Crippen LogP contribution in [0, 0.1) is 17.0 Å². The molecule has 34 heavy (non-hydrogen) atoms. The smallest absolute Gasteiger partial charge is 0.259 e. The highest BCUT2D eigenvalue weighted by Crippen LogP contribution is 2.76. The number of nitrogens with one attached hydrogen (secondary N) is 1. The van der Waals surface area contributed by atoms with Crippen LogP contribution in [0.25, 0.3) is 0 Å². The number of likely N-dealkylation sites (N-methyl/N-ethyl adjacent to an activating group) is 1. The second-order valence-corrected chi connectivity index (χ2v) is 11.6. The van der Waals surface area contributed by atoms with Gasteiger partial charge in [-0.2, -0.15) is 0 Å². The molecule has 6 rings (SSSR count). The molecule has 0 bridgehead atoms. The zero-order valence-corrected chi connectivity index (χ0v) is 19.8. The first-order valence-electron chi connectivity index (χ1n) is 11.5. The summed E-state index contributed by atoms with van der Waals surface area (Å²) in [4.78, 5) is 6.22. The Kier molecular flexibility index (Phi) is 4.79. The second-order valence-electron chi connectivity index (χ2n) is 9.90. The lowest BCUT2D eigenvalue weighted by Gasteiger charge is -2.29. The summed E-state index contributed by atoms with van der Waals surface area (Å²) in [6.45, 7) is 0.0717. The van der Waals surface area contributed by atoms with E-state index in [4.69, 9.17) is 0 Å². The maximum Gasteiger partial charge on any atom is 0.259 e. The number of nitrogens with zero attached hydrogens (tertiary/aromatic N) is 3. The minimum absolute atomic E-state index is 0.0568. The number of likely N-dealkylation sites (tertiary alicyclic amines) is 1. The molecule has 9 heteroatoms. The summed E-state index contributed by atoms with van der Waals surface area (Å²) in [5.74, 6) is -0.358. The summed E-state index contributed by atoms with van der Waals surface area (Å²) in [5, 5.41) is -0.0568. The number of imidazole rings is 1. The number of sulfonamides is 1. The molecule has 3 aromatic rings. The highest BCUT2D eigenvalue weighted by Gasteiger charge is 2.84. The Morgan fingerprint density at radius 1 is 1.18 bits per heavy atom. The van der Waals surface area contributed by atoms with Crippen LogP contribution in [0.5, 0.6) is 0 Å². The van der Waals surface area contributed by atoms with E-state index in [2.05, 4.69) is 21.7 Å². The molecule has 2 aromatic carbocycles. The van der Waals surface area contributed by atoms with Gasteiger partial charge in [-0.25, -0.2) is 26.9 Å². The molecule has 2 heterocycles. The van der Waals surface area contributed by atoms with Crippen LogP contribution < -0.4 is 4.72 Å². The third-order valence-electron chi connectivity index (χ3n) is 7.88. The highest BCUT2D eigenvalue weighted by atomic mass is 32.2. The molecule has 3 aliphatic rings. The number of halogens is 2. The van der Waals surface area contributed by atoms with Crippen molar-refractivity contribution in [2.75, 3.05) is 13.6 Å². The Morgan fingerprint density at radius 2 is 1.97 bits per heavy atom. The van der Waals surface area contributed by atoms with Gasteiger partial charge in [-0.3, -0.25) is 4.90 Å². The lowest BCUT2D eigenvalue weighted by molar-refractivity contribution is 0.226. The van der Waals surface area contributed by atoms with Gasteiger partial charge in [-0.15, -0.1) is 0 Å². The van der Waals surface area contributed by atoms with E-state index in [-0.39, 0.29) is 41.0 Å². The zero-order chi connectivity index (χ0) is 23.8. The van der Waals surface area contributed by atoms with Crippen LogP contribution in [0.3, 0.4) is 0 Å². The van der Waals surface area contributed by atoms with Crippen molar-refractivity contribution < 1.29 is 17.2 Å². The molecule has 1 aromatic heterocycles. The van der Waals surface area contributed by atoms with E-state index in [1.54, 1.807) is 29.8 Å². The van der Waals surface area contributed by atoms with E-state index in [9.17, 15) is 12.8 Å². The summed E-state index contributed by atoms with van der Waals surface area (Å²) in [7, 11) is 0.0575. The van der Waals surface area contributed by atoms with Crippen molar-refractivity contribution in [3.05, 3.63) is 82.8 Å². The molecule has 3 atom stereocenters. The van der Waals surface area contributed by atoms with Crippen LogP contribution in [-0.2, 0) is 36.3 Å². The number of benzene rings is 2. The van der Waals surface area contributed by atoms with E-state index in [1.807, 2.05) is 12.1 Å². The fourth-order valence-corrected chi connectivity index (χ4v) is 7.28. The van der Waals surface area contributed by atoms with Gasteiger partial charge in [-0.1, -0.05) is 18.2 Å². The number of aryl methyl sites for hydroxylation is 1. The molecule has 1 aliphatic heterocycles. The van der Waals surface area contributed by atoms with Crippen molar-refractivity contribution in [3.8, 4) is 0 Å². The van der Waals surface area contributed by atoms with E-state index in [1.165, 1.54) is 18.6 Å². The summed E-state index contributed by atoms with van der Waals surface area (Å²) in [5.41, 5.74) is 3.69. The maximum absolute atomic E-state index is 15.0. The topological polar surface area (TPSA) is 67.0 Å². The largest absolute Gasteiger partial charge is 0.339 e. The number of hydrogen-bond donors (Lipinski definition) is 1. The van der Waals surface area contributed by atoms with Gasteiger partial charge >= 0.3 is 0 Å². The quantitative estimate of drug-likeness (QED) is 0.524. The lowest BCUT2D eigenvalue weighted by atomic mass is 9.81. The van der Waals surface area contributed by atoms with Crippen LogP contribution >= 0.6 is 0 Å². The van der Waals surface area contributed by atoms with Crippen LogP contribution in [0.15, 0.2) is 53.9 Å². The van der Waals surface area contributed by atoms with Crippen molar-refractivity contribution in [1.82, 2.24) is 19.2 Å². The van der Waals surface area contributed by atoms with E-state index in [0.717, 1.165) is 23.1 Å². The summed E-state index contributed by atoms with van der Waals surface area (Å²) < 4.78 is 57.8. The maximum atomic E-state index is 15.0. The van der Waals surface area contributed by atoms with Crippen molar-refractivity contribution >= 4 is 10.0 Å². The predicted octanol–water partition coefficient (Wildman–Crippen LogP) is 2.78. The van der Waals surface area contributed by atoms with Gasteiger partial charge in [0.15, 0.2) is 5.03 Å². The lowest BCUT2D eigenvalue weighted by Crippen LogP contribution is -2.31. The first-order chi connectivity index (χ1) is 16.2. The molecule has 6 nitrogen and oxygen atoms in total. The second kappa shape index (κ2) is 7.44. The Hall–Kier alpha value is -2.62. The molecule has 1 spiro atoms. The average Bonchev–Trinajstić information content (AvgIpc) is 3.53. The molecule has 1 N–H and O–H groups in total. The SMILES string of the molecule is CN1C2C1C21Cc2cc(F)c(CCNS(=O)(=O)c3cn(C)cn3)cc2C1Cc1cccc(F)c1. The Morgan fingerprint density at radius 3 is 2.65 bits per heavy atom. The molecule has 178 valence electrons. The van der Waals surface area contributed by atoms with Gasteiger partial charge in [0.1, 0.15) is 11.6 Å². The van der Waals surface area contributed by atoms with E-state index < -0.39 is 10.0 Å². The monoisotopic (exact) mass is 484 g/mol. The van der Waals surface area contributed by atoms with Crippen LogP contribution in [-0.4, -0.2) is 48.5 Å². The fourth-order valence-electron chi connectivity index (χ4n) is 6.27. The first-order valence-corrected chi connectivity index (χ1v) is 12.9. The molecule has 1 saturated carbocycles. The van der Waals surface area contributed by atoms with Crippen LogP contribution in [0.1, 0.15) is 28.2 Å². The van der Waals surface area contributed by atoms with Crippen molar-refractivity contribution in [2.24, 2.45) is 12.5 Å². The van der Waals surface area contributed by atoms with Crippen molar-refractivity contribution in [3.63, 3.8) is 0 Å². The predicted molar refractivity (Wildman–Crippen MR) is 123 cm³/mol.